The molecular weight excluding hydrogens is 563 g/mol. The first-order valence-corrected chi connectivity index (χ1v) is 13.7. The highest BCUT2D eigenvalue weighted by atomic mass is 19.4. The zero-order chi connectivity index (χ0) is 30.4. The monoisotopic (exact) mass is 591 g/mol. The Morgan fingerprint density at radius 2 is 1.84 bits per heavy atom. The van der Waals surface area contributed by atoms with E-state index in [9.17, 15) is 22.8 Å². The average molecular weight is 592 g/mol. The van der Waals surface area contributed by atoms with E-state index in [-0.39, 0.29) is 24.4 Å². The van der Waals surface area contributed by atoms with Gasteiger partial charge in [-0.25, -0.2) is 19.4 Å². The van der Waals surface area contributed by atoms with Gasteiger partial charge < -0.3 is 14.8 Å². The minimum Gasteiger partial charge on any atom is -0.462 e. The second kappa shape index (κ2) is 12.9. The Bertz CT molecular complexity index is 1610. The highest BCUT2D eigenvalue weighted by Crippen LogP contribution is 2.31. The van der Waals surface area contributed by atoms with Gasteiger partial charge in [-0.1, -0.05) is 23.8 Å². The molecule has 1 saturated carbocycles. The molecule has 0 saturated heterocycles. The fourth-order valence-electron chi connectivity index (χ4n) is 4.60. The number of ether oxygens (including phenoxy) is 2. The van der Waals surface area contributed by atoms with E-state index in [1.54, 1.807) is 31.2 Å². The number of pyridine rings is 2. The summed E-state index contributed by atoms with van der Waals surface area (Å²) in [5.41, 5.74) is 2.02. The van der Waals surface area contributed by atoms with Crippen LogP contribution >= 0.6 is 0 Å². The molecule has 1 aliphatic carbocycles. The fourth-order valence-corrected chi connectivity index (χ4v) is 4.60. The first kappa shape index (κ1) is 29.5. The second-order valence-corrected chi connectivity index (χ2v) is 9.91. The molecule has 12 heteroatoms. The van der Waals surface area contributed by atoms with Crippen molar-refractivity contribution >= 4 is 18.0 Å². The third-order valence-corrected chi connectivity index (χ3v) is 6.82. The average Bonchev–Trinajstić information content (AvgIpc) is 3.49. The van der Waals surface area contributed by atoms with Crippen LogP contribution in [0.4, 0.5) is 13.2 Å². The number of hydrogen-bond acceptors (Lipinski definition) is 7. The normalized spacial score (nSPS) is 15.1. The van der Waals surface area contributed by atoms with Crippen molar-refractivity contribution in [2.24, 2.45) is 0 Å². The zero-order valence-electron chi connectivity index (χ0n) is 23.2. The number of allylic oxidation sites excluding steroid dienone is 1. The molecular formula is C31H28F3N5O4. The summed E-state index contributed by atoms with van der Waals surface area (Å²) in [5, 5.41) is 7.21. The lowest BCUT2D eigenvalue weighted by Gasteiger charge is -2.25. The molecule has 0 radical (unpaired) electrons. The van der Waals surface area contributed by atoms with Crippen LogP contribution < -0.4 is 10.1 Å². The Morgan fingerprint density at radius 1 is 1.02 bits per heavy atom. The van der Waals surface area contributed by atoms with E-state index in [0.29, 0.717) is 22.7 Å². The molecule has 9 nitrogen and oxygen atoms in total. The van der Waals surface area contributed by atoms with E-state index in [1.807, 2.05) is 12.1 Å². The fraction of sp³-hybridized carbons (Fsp3) is 0.258. The van der Waals surface area contributed by atoms with Crippen LogP contribution in [0.25, 0.3) is 11.9 Å². The van der Waals surface area contributed by atoms with Crippen molar-refractivity contribution in [3.05, 3.63) is 101 Å². The van der Waals surface area contributed by atoms with Gasteiger partial charge >= 0.3 is 12.1 Å². The van der Waals surface area contributed by atoms with Gasteiger partial charge in [0.05, 0.1) is 29.5 Å². The van der Waals surface area contributed by atoms with Crippen molar-refractivity contribution in [2.45, 2.75) is 44.8 Å². The molecule has 0 spiro atoms. The van der Waals surface area contributed by atoms with Crippen LogP contribution in [0.5, 0.6) is 11.6 Å². The van der Waals surface area contributed by atoms with Crippen molar-refractivity contribution in [2.75, 3.05) is 6.61 Å². The predicted octanol–water partition coefficient (Wildman–Crippen LogP) is 6.41. The molecule has 1 fully saturated rings. The summed E-state index contributed by atoms with van der Waals surface area (Å²) in [5.74, 6) is 0.320. The van der Waals surface area contributed by atoms with Crippen LogP contribution in [0.1, 0.15) is 64.4 Å². The van der Waals surface area contributed by atoms with Crippen LogP contribution in [-0.4, -0.2) is 44.3 Å². The SMILES string of the molecule is CCOC(=O)c1cnn(-c2ccc(C(=O)NC3CCC(=Cc4cccc(Oc5ccc(C(F)(F)F)cn5)c4)CC3)cn2)c1. The molecule has 4 aromatic rings. The Morgan fingerprint density at radius 3 is 2.51 bits per heavy atom. The number of rotatable bonds is 8. The number of benzene rings is 1. The van der Waals surface area contributed by atoms with Gasteiger partial charge in [0, 0.05) is 30.7 Å². The van der Waals surface area contributed by atoms with Crippen molar-refractivity contribution in [1.29, 1.82) is 0 Å². The van der Waals surface area contributed by atoms with E-state index in [1.165, 1.54) is 34.9 Å². The first-order chi connectivity index (χ1) is 20.7. The van der Waals surface area contributed by atoms with Crippen LogP contribution in [-0.2, 0) is 10.9 Å². The van der Waals surface area contributed by atoms with Gasteiger partial charge in [-0.2, -0.15) is 18.3 Å². The van der Waals surface area contributed by atoms with Crippen LogP contribution in [0.15, 0.2) is 78.9 Å². The lowest BCUT2D eigenvalue weighted by Crippen LogP contribution is -2.36. The van der Waals surface area contributed by atoms with Crippen molar-refractivity contribution in [3.63, 3.8) is 0 Å². The summed E-state index contributed by atoms with van der Waals surface area (Å²) in [6.45, 7) is 1.99. The van der Waals surface area contributed by atoms with Gasteiger partial charge in [-0.15, -0.1) is 0 Å². The number of nitrogens with zero attached hydrogens (tertiary/aromatic N) is 4. The number of halogens is 3. The molecule has 222 valence electrons. The molecule has 0 aliphatic heterocycles. The number of amides is 1. The summed E-state index contributed by atoms with van der Waals surface area (Å²) in [7, 11) is 0. The molecule has 1 amide bonds. The quantitative estimate of drug-likeness (QED) is 0.236. The summed E-state index contributed by atoms with van der Waals surface area (Å²) < 4.78 is 50.4. The highest BCUT2D eigenvalue weighted by Gasteiger charge is 2.30. The largest absolute Gasteiger partial charge is 0.462 e. The highest BCUT2D eigenvalue weighted by molar-refractivity contribution is 5.94. The minimum absolute atomic E-state index is 0.0167. The van der Waals surface area contributed by atoms with Gasteiger partial charge in [-0.3, -0.25) is 4.79 Å². The maximum atomic E-state index is 12.8. The number of carbonyl (C=O) groups is 2. The van der Waals surface area contributed by atoms with E-state index in [2.05, 4.69) is 26.5 Å². The van der Waals surface area contributed by atoms with E-state index < -0.39 is 17.7 Å². The predicted molar refractivity (Wildman–Crippen MR) is 151 cm³/mol. The Labute approximate surface area is 245 Å². The number of nitrogens with one attached hydrogen (secondary N) is 1. The molecule has 43 heavy (non-hydrogen) atoms. The number of esters is 1. The Balaban J connectivity index is 1.13. The Kier molecular flexibility index (Phi) is 8.84. The number of aromatic nitrogens is 4. The Hall–Kier alpha value is -5.00. The molecule has 3 heterocycles. The zero-order valence-corrected chi connectivity index (χ0v) is 23.2. The van der Waals surface area contributed by atoms with Gasteiger partial charge in [-0.05, 0) is 68.5 Å². The lowest BCUT2D eigenvalue weighted by molar-refractivity contribution is -0.137. The minimum atomic E-state index is -4.46. The molecule has 0 atom stereocenters. The smallest absolute Gasteiger partial charge is 0.417 e. The summed E-state index contributed by atoms with van der Waals surface area (Å²) in [4.78, 5) is 32.7. The second-order valence-electron chi connectivity index (χ2n) is 9.91. The summed E-state index contributed by atoms with van der Waals surface area (Å²) in [6, 6.07) is 12.7. The van der Waals surface area contributed by atoms with Crippen molar-refractivity contribution in [1.82, 2.24) is 25.1 Å². The van der Waals surface area contributed by atoms with Crippen molar-refractivity contribution in [3.8, 4) is 17.4 Å². The van der Waals surface area contributed by atoms with Crippen molar-refractivity contribution < 1.29 is 32.2 Å². The van der Waals surface area contributed by atoms with E-state index in [0.717, 1.165) is 43.5 Å². The van der Waals surface area contributed by atoms with Crippen LogP contribution in [0, 0.1) is 0 Å². The molecule has 5 rings (SSSR count). The third-order valence-electron chi connectivity index (χ3n) is 6.82. The molecule has 1 N–H and O–H groups in total. The number of hydrogen-bond donors (Lipinski definition) is 1. The maximum Gasteiger partial charge on any atom is 0.417 e. The molecule has 0 unspecified atom stereocenters. The molecule has 3 aromatic heterocycles. The maximum absolute atomic E-state index is 12.8. The van der Waals surface area contributed by atoms with E-state index in [4.69, 9.17) is 9.47 Å². The standard InChI is InChI=1S/C31H28F3N5O4/c1-2-42-30(41)23-17-37-39(19-23)27-12-8-22(16-35-27)29(40)38-25-10-6-20(7-11-25)14-21-4-3-5-26(15-21)43-28-13-9-24(18-36-28)31(32,33)34/h3-5,8-9,12-19,25H,2,6-7,10-11H2,1H3,(H,38,40). The number of carbonyl (C=O) groups excluding carboxylic acids is 2. The topological polar surface area (TPSA) is 108 Å². The lowest BCUT2D eigenvalue weighted by atomic mass is 9.89. The third kappa shape index (κ3) is 7.64. The van der Waals surface area contributed by atoms with Crippen LogP contribution in [0.3, 0.4) is 0 Å². The van der Waals surface area contributed by atoms with Gasteiger partial charge in [0.15, 0.2) is 5.82 Å². The molecule has 1 aliphatic rings. The molecule has 0 bridgehead atoms. The van der Waals surface area contributed by atoms with Crippen LogP contribution in [0.2, 0.25) is 0 Å². The molecule has 1 aromatic carbocycles. The first-order valence-electron chi connectivity index (χ1n) is 13.7. The van der Waals surface area contributed by atoms with E-state index >= 15 is 0 Å². The number of alkyl halides is 3. The summed E-state index contributed by atoms with van der Waals surface area (Å²) >= 11 is 0. The summed E-state index contributed by atoms with van der Waals surface area (Å²) in [6.07, 6.45) is 5.90. The van der Waals surface area contributed by atoms with Gasteiger partial charge in [0.25, 0.3) is 5.91 Å². The van der Waals surface area contributed by atoms with Gasteiger partial charge in [0.2, 0.25) is 5.88 Å². The van der Waals surface area contributed by atoms with Gasteiger partial charge in [0.1, 0.15) is 5.75 Å².